The van der Waals surface area contributed by atoms with E-state index in [9.17, 15) is 23.5 Å². The van der Waals surface area contributed by atoms with E-state index in [1.54, 1.807) is 0 Å². The highest BCUT2D eigenvalue weighted by Crippen LogP contribution is 2.24. The lowest BCUT2D eigenvalue weighted by molar-refractivity contribution is -0.144. The van der Waals surface area contributed by atoms with Crippen LogP contribution in [0.3, 0.4) is 0 Å². The Morgan fingerprint density at radius 2 is 2.15 bits per heavy atom. The van der Waals surface area contributed by atoms with E-state index in [0.717, 1.165) is 12.6 Å². The summed E-state index contributed by atoms with van der Waals surface area (Å²) in [7, 11) is 0. The minimum Gasteiger partial charge on any atom is -0.481 e. The molecule has 3 rings (SSSR count). The number of carbonyl (C=O) groups excluding carboxylic acids is 1. The van der Waals surface area contributed by atoms with Gasteiger partial charge in [-0.1, -0.05) is 12.1 Å². The van der Waals surface area contributed by atoms with Gasteiger partial charge >= 0.3 is 5.97 Å². The number of halogens is 2. The Balaban J connectivity index is 1.73. The summed E-state index contributed by atoms with van der Waals surface area (Å²) >= 11 is 0. The number of piperidine rings is 1. The van der Waals surface area contributed by atoms with Gasteiger partial charge in [0.05, 0.1) is 11.5 Å². The molecule has 0 spiro atoms. The standard InChI is InChI=1S/C18H19F2N3O4/c1-2-23-6-5-14(12(9-23)18(25)26)21-17(24)15-8-16(27-22-15)11-4-3-10(19)7-13(11)20/h3-4,7-8,12,14H,2,5-6,9H2,1H3,(H,21,24)(H,25,26)/t12-,14-/m1/s1. The van der Waals surface area contributed by atoms with Gasteiger partial charge in [0.25, 0.3) is 5.91 Å². The number of hydrogen-bond donors (Lipinski definition) is 2. The van der Waals surface area contributed by atoms with Crippen LogP contribution in [0.4, 0.5) is 8.78 Å². The molecule has 0 aliphatic carbocycles. The topological polar surface area (TPSA) is 95.7 Å². The van der Waals surface area contributed by atoms with E-state index < -0.39 is 35.5 Å². The smallest absolute Gasteiger partial charge is 0.309 e. The molecule has 1 aromatic heterocycles. The van der Waals surface area contributed by atoms with Crippen LogP contribution in [0.2, 0.25) is 0 Å². The Morgan fingerprint density at radius 3 is 2.81 bits per heavy atom. The lowest BCUT2D eigenvalue weighted by Gasteiger charge is -2.36. The molecule has 0 saturated carbocycles. The lowest BCUT2D eigenvalue weighted by Crippen LogP contribution is -2.53. The van der Waals surface area contributed by atoms with Crippen LogP contribution in [0.5, 0.6) is 0 Å². The highest BCUT2D eigenvalue weighted by atomic mass is 19.1. The van der Waals surface area contributed by atoms with Crippen molar-refractivity contribution >= 4 is 11.9 Å². The van der Waals surface area contributed by atoms with Gasteiger partial charge < -0.3 is 19.8 Å². The van der Waals surface area contributed by atoms with Crippen molar-refractivity contribution in [3.8, 4) is 11.3 Å². The summed E-state index contributed by atoms with van der Waals surface area (Å²) in [6.45, 7) is 3.71. The number of hydrogen-bond acceptors (Lipinski definition) is 5. The first-order valence-electron chi connectivity index (χ1n) is 8.57. The Morgan fingerprint density at radius 1 is 1.37 bits per heavy atom. The summed E-state index contributed by atoms with van der Waals surface area (Å²) in [6, 6.07) is 3.66. The molecule has 7 nitrogen and oxygen atoms in total. The zero-order valence-corrected chi connectivity index (χ0v) is 14.6. The molecule has 1 aliphatic rings. The number of nitrogens with one attached hydrogen (secondary N) is 1. The monoisotopic (exact) mass is 379 g/mol. The number of rotatable bonds is 5. The summed E-state index contributed by atoms with van der Waals surface area (Å²) < 4.78 is 31.8. The first kappa shape index (κ1) is 19.0. The molecule has 2 atom stereocenters. The highest BCUT2D eigenvalue weighted by molar-refractivity contribution is 5.93. The maximum atomic E-state index is 13.8. The minimum absolute atomic E-state index is 0.0202. The molecule has 1 aromatic carbocycles. The van der Waals surface area contributed by atoms with E-state index >= 15 is 0 Å². The molecule has 1 fully saturated rings. The third-order valence-electron chi connectivity index (χ3n) is 4.72. The first-order valence-corrected chi connectivity index (χ1v) is 8.57. The van der Waals surface area contributed by atoms with Gasteiger partial charge in [-0.25, -0.2) is 8.78 Å². The SMILES string of the molecule is CCN1CC[C@@H](NC(=O)c2cc(-c3ccc(F)cc3F)on2)[C@H](C(=O)O)C1. The van der Waals surface area contributed by atoms with Crippen molar-refractivity contribution in [2.75, 3.05) is 19.6 Å². The predicted molar refractivity (Wildman–Crippen MR) is 91.0 cm³/mol. The Kier molecular flexibility index (Phi) is 5.50. The first-order chi connectivity index (χ1) is 12.9. The van der Waals surface area contributed by atoms with E-state index in [2.05, 4.69) is 10.5 Å². The predicted octanol–water partition coefficient (Wildman–Crippen LogP) is 2.14. The molecule has 0 unspecified atom stereocenters. The van der Waals surface area contributed by atoms with Gasteiger partial charge in [0, 0.05) is 31.3 Å². The van der Waals surface area contributed by atoms with Crippen molar-refractivity contribution in [1.29, 1.82) is 0 Å². The molecule has 1 saturated heterocycles. The van der Waals surface area contributed by atoms with Crippen LogP contribution in [0, 0.1) is 17.6 Å². The van der Waals surface area contributed by atoms with Gasteiger partial charge in [0.2, 0.25) is 0 Å². The number of carbonyl (C=O) groups is 2. The summed E-state index contributed by atoms with van der Waals surface area (Å²) in [5.41, 5.74) is -0.126. The fourth-order valence-corrected chi connectivity index (χ4v) is 3.17. The number of aromatic nitrogens is 1. The van der Waals surface area contributed by atoms with Crippen molar-refractivity contribution in [1.82, 2.24) is 15.4 Å². The quantitative estimate of drug-likeness (QED) is 0.827. The number of aliphatic carboxylic acids is 1. The number of carboxylic acid groups (broad SMARTS) is 1. The second-order valence-corrected chi connectivity index (χ2v) is 6.41. The fourth-order valence-electron chi connectivity index (χ4n) is 3.17. The van der Waals surface area contributed by atoms with E-state index in [1.165, 1.54) is 12.1 Å². The normalized spacial score (nSPS) is 20.4. The number of likely N-dealkylation sites (tertiary alicyclic amines) is 1. The van der Waals surface area contributed by atoms with Crippen molar-refractivity contribution in [3.05, 3.63) is 41.6 Å². The molecular weight excluding hydrogens is 360 g/mol. The van der Waals surface area contributed by atoms with Gasteiger partial charge in [-0.3, -0.25) is 9.59 Å². The van der Waals surface area contributed by atoms with Crippen LogP contribution < -0.4 is 5.32 Å². The van der Waals surface area contributed by atoms with E-state index in [0.29, 0.717) is 25.6 Å². The molecule has 1 aliphatic heterocycles. The molecule has 2 aromatic rings. The van der Waals surface area contributed by atoms with Crippen LogP contribution >= 0.6 is 0 Å². The van der Waals surface area contributed by atoms with Gasteiger partial charge in [0.15, 0.2) is 11.5 Å². The zero-order valence-electron chi connectivity index (χ0n) is 14.6. The average Bonchev–Trinajstić information content (AvgIpc) is 3.11. The molecule has 2 heterocycles. The third kappa shape index (κ3) is 4.13. The van der Waals surface area contributed by atoms with Crippen molar-refractivity contribution in [3.63, 3.8) is 0 Å². The lowest BCUT2D eigenvalue weighted by atomic mass is 9.92. The van der Waals surface area contributed by atoms with Crippen molar-refractivity contribution < 1.29 is 28.0 Å². The Hall–Kier alpha value is -2.81. The van der Waals surface area contributed by atoms with Gasteiger partial charge in [-0.15, -0.1) is 0 Å². The zero-order chi connectivity index (χ0) is 19.6. The highest BCUT2D eigenvalue weighted by Gasteiger charge is 2.35. The van der Waals surface area contributed by atoms with Gasteiger partial charge in [0.1, 0.15) is 11.6 Å². The summed E-state index contributed by atoms with van der Waals surface area (Å²) in [5.74, 6) is -3.90. The summed E-state index contributed by atoms with van der Waals surface area (Å²) in [6.07, 6.45) is 0.494. The molecule has 144 valence electrons. The van der Waals surface area contributed by atoms with Crippen molar-refractivity contribution in [2.45, 2.75) is 19.4 Å². The molecule has 0 radical (unpaired) electrons. The summed E-state index contributed by atoms with van der Waals surface area (Å²) in [4.78, 5) is 25.9. The largest absolute Gasteiger partial charge is 0.481 e. The molecule has 9 heteroatoms. The molecule has 0 bridgehead atoms. The van der Waals surface area contributed by atoms with Gasteiger partial charge in [-0.05, 0) is 25.1 Å². The van der Waals surface area contributed by atoms with E-state index in [1.807, 2.05) is 11.8 Å². The number of nitrogens with zero attached hydrogens (tertiary/aromatic N) is 2. The van der Waals surface area contributed by atoms with E-state index in [4.69, 9.17) is 4.52 Å². The second kappa shape index (κ2) is 7.83. The molecule has 1 amide bonds. The van der Waals surface area contributed by atoms with Crippen molar-refractivity contribution in [2.24, 2.45) is 5.92 Å². The van der Waals surface area contributed by atoms with Crippen LogP contribution in [0.25, 0.3) is 11.3 Å². The Bertz CT molecular complexity index is 855. The number of amides is 1. The molecule has 27 heavy (non-hydrogen) atoms. The maximum Gasteiger partial charge on any atom is 0.309 e. The van der Waals surface area contributed by atoms with Crippen LogP contribution in [0.15, 0.2) is 28.8 Å². The van der Waals surface area contributed by atoms with Gasteiger partial charge in [-0.2, -0.15) is 0 Å². The number of benzene rings is 1. The third-order valence-corrected chi connectivity index (χ3v) is 4.72. The average molecular weight is 379 g/mol. The maximum absolute atomic E-state index is 13.8. The van der Waals surface area contributed by atoms with Crippen LogP contribution in [-0.2, 0) is 4.79 Å². The van der Waals surface area contributed by atoms with E-state index in [-0.39, 0.29) is 17.0 Å². The summed E-state index contributed by atoms with van der Waals surface area (Å²) in [5, 5.41) is 15.7. The number of carboxylic acids is 1. The molecular formula is C18H19F2N3O4. The molecule has 2 N–H and O–H groups in total. The second-order valence-electron chi connectivity index (χ2n) is 6.41. The van der Waals surface area contributed by atoms with Crippen LogP contribution in [-0.4, -0.2) is 52.7 Å². The Labute approximate surface area is 153 Å². The fraction of sp³-hybridized carbons (Fsp3) is 0.389. The minimum atomic E-state index is -0.979. The van der Waals surface area contributed by atoms with Crippen LogP contribution in [0.1, 0.15) is 23.8 Å².